The van der Waals surface area contributed by atoms with Gasteiger partial charge in [-0.1, -0.05) is 30.3 Å². The predicted octanol–water partition coefficient (Wildman–Crippen LogP) is 3.04. The van der Waals surface area contributed by atoms with E-state index in [4.69, 9.17) is 15.2 Å². The van der Waals surface area contributed by atoms with Crippen LogP contribution in [0, 0.1) is 0 Å². The Bertz CT molecular complexity index is 905. The molecule has 3 rings (SSSR count). The fourth-order valence-corrected chi connectivity index (χ4v) is 3.00. The van der Waals surface area contributed by atoms with Crippen molar-refractivity contribution in [3.8, 4) is 5.75 Å². The third-order valence-corrected chi connectivity index (χ3v) is 4.65. The molecule has 160 valence electrons. The SMILES string of the molecule is Cl.NC/C(=C\F)COc1ccc2c(c1)CCN(CC(=O)OCc1ccccc1)C2=O. The maximum Gasteiger partial charge on any atom is 0.325 e. The first-order chi connectivity index (χ1) is 14.1. The minimum absolute atomic E-state index is 0. The van der Waals surface area contributed by atoms with Gasteiger partial charge in [-0.05, 0) is 35.7 Å². The number of carbonyl (C=O) groups is 2. The number of fused-ring (bicyclic) bond motifs is 1. The predicted molar refractivity (Wildman–Crippen MR) is 113 cm³/mol. The zero-order chi connectivity index (χ0) is 20.6. The smallest absolute Gasteiger partial charge is 0.325 e. The second-order valence-corrected chi connectivity index (χ2v) is 6.70. The number of rotatable bonds is 8. The Hall–Kier alpha value is -2.90. The van der Waals surface area contributed by atoms with Crippen LogP contribution in [0.5, 0.6) is 5.75 Å². The number of hydrogen-bond acceptors (Lipinski definition) is 5. The molecule has 0 radical (unpaired) electrons. The zero-order valence-electron chi connectivity index (χ0n) is 16.4. The molecule has 1 heterocycles. The largest absolute Gasteiger partial charge is 0.489 e. The normalized spacial score (nSPS) is 13.3. The first-order valence-electron chi connectivity index (χ1n) is 9.33. The lowest BCUT2D eigenvalue weighted by Crippen LogP contribution is -2.41. The van der Waals surface area contributed by atoms with Crippen molar-refractivity contribution in [1.82, 2.24) is 4.90 Å². The summed E-state index contributed by atoms with van der Waals surface area (Å²) < 4.78 is 23.4. The highest BCUT2D eigenvalue weighted by atomic mass is 35.5. The van der Waals surface area contributed by atoms with Crippen LogP contribution in [0.3, 0.4) is 0 Å². The van der Waals surface area contributed by atoms with E-state index in [9.17, 15) is 14.0 Å². The van der Waals surface area contributed by atoms with Gasteiger partial charge >= 0.3 is 5.97 Å². The van der Waals surface area contributed by atoms with Crippen LogP contribution < -0.4 is 10.5 Å². The second-order valence-electron chi connectivity index (χ2n) is 6.70. The van der Waals surface area contributed by atoms with Crippen molar-refractivity contribution in [2.24, 2.45) is 5.73 Å². The van der Waals surface area contributed by atoms with Gasteiger partial charge in [0.05, 0.1) is 6.33 Å². The number of nitrogens with two attached hydrogens (primary N) is 1. The van der Waals surface area contributed by atoms with Crippen LogP contribution in [-0.2, 0) is 22.6 Å². The molecule has 2 aromatic carbocycles. The Morgan fingerprint density at radius 2 is 1.97 bits per heavy atom. The van der Waals surface area contributed by atoms with Crippen molar-refractivity contribution < 1.29 is 23.5 Å². The number of hydrogen-bond donors (Lipinski definition) is 1. The Balaban J connectivity index is 0.00000320. The van der Waals surface area contributed by atoms with Crippen molar-refractivity contribution in [2.45, 2.75) is 13.0 Å². The number of ether oxygens (including phenoxy) is 2. The summed E-state index contributed by atoms with van der Waals surface area (Å²) in [7, 11) is 0. The number of benzene rings is 2. The summed E-state index contributed by atoms with van der Waals surface area (Å²) in [6, 6.07) is 14.5. The van der Waals surface area contributed by atoms with Crippen LogP contribution in [0.15, 0.2) is 60.4 Å². The van der Waals surface area contributed by atoms with Crippen molar-refractivity contribution in [1.29, 1.82) is 0 Å². The van der Waals surface area contributed by atoms with Gasteiger partial charge in [0.1, 0.15) is 25.5 Å². The van der Waals surface area contributed by atoms with Gasteiger partial charge in [-0.3, -0.25) is 9.59 Å². The molecule has 0 saturated heterocycles. The summed E-state index contributed by atoms with van der Waals surface area (Å²) in [6.45, 7) is 0.629. The van der Waals surface area contributed by atoms with Crippen LogP contribution in [0.2, 0.25) is 0 Å². The van der Waals surface area contributed by atoms with Gasteiger partial charge in [0.2, 0.25) is 0 Å². The Kier molecular flexibility index (Phi) is 8.83. The summed E-state index contributed by atoms with van der Waals surface area (Å²) in [4.78, 5) is 26.3. The van der Waals surface area contributed by atoms with E-state index in [1.54, 1.807) is 18.2 Å². The first-order valence-corrected chi connectivity index (χ1v) is 9.33. The van der Waals surface area contributed by atoms with Gasteiger partial charge in [-0.2, -0.15) is 0 Å². The Morgan fingerprint density at radius 3 is 2.67 bits per heavy atom. The molecular formula is C22H24ClFN2O4. The fraction of sp³-hybridized carbons (Fsp3) is 0.273. The minimum Gasteiger partial charge on any atom is -0.489 e. The summed E-state index contributed by atoms with van der Waals surface area (Å²) in [6.07, 6.45) is 1.03. The van der Waals surface area contributed by atoms with Gasteiger partial charge < -0.3 is 20.1 Å². The molecule has 0 saturated carbocycles. The number of nitrogens with zero attached hydrogens (tertiary/aromatic N) is 1. The number of halogens is 2. The molecule has 8 heteroatoms. The minimum atomic E-state index is -0.446. The summed E-state index contributed by atoms with van der Waals surface area (Å²) in [5, 5.41) is 0. The molecule has 6 nitrogen and oxygen atoms in total. The molecule has 0 unspecified atom stereocenters. The molecule has 0 aromatic heterocycles. The van der Waals surface area contributed by atoms with E-state index in [1.807, 2.05) is 30.3 Å². The van der Waals surface area contributed by atoms with E-state index in [0.717, 1.165) is 11.1 Å². The van der Waals surface area contributed by atoms with Gasteiger partial charge in [-0.15, -0.1) is 12.4 Å². The topological polar surface area (TPSA) is 81.9 Å². The highest BCUT2D eigenvalue weighted by molar-refractivity contribution is 5.98. The molecule has 0 aliphatic carbocycles. The van der Waals surface area contributed by atoms with Crippen LogP contribution in [0.25, 0.3) is 0 Å². The highest BCUT2D eigenvalue weighted by Crippen LogP contribution is 2.24. The lowest BCUT2D eigenvalue weighted by atomic mass is 9.98. The average Bonchev–Trinajstić information content (AvgIpc) is 2.76. The zero-order valence-corrected chi connectivity index (χ0v) is 17.2. The molecule has 0 fully saturated rings. The van der Waals surface area contributed by atoms with E-state index in [1.165, 1.54) is 4.90 Å². The van der Waals surface area contributed by atoms with E-state index in [-0.39, 0.29) is 44.6 Å². The Labute approximate surface area is 180 Å². The van der Waals surface area contributed by atoms with Crippen LogP contribution >= 0.6 is 12.4 Å². The van der Waals surface area contributed by atoms with Crippen molar-refractivity contribution in [3.05, 3.63) is 77.1 Å². The maximum absolute atomic E-state index is 12.7. The van der Waals surface area contributed by atoms with E-state index in [0.29, 0.717) is 36.2 Å². The van der Waals surface area contributed by atoms with Crippen molar-refractivity contribution >= 4 is 24.3 Å². The molecule has 0 atom stereocenters. The lowest BCUT2D eigenvalue weighted by molar-refractivity contribution is -0.145. The van der Waals surface area contributed by atoms with Gasteiger partial charge in [0, 0.05) is 24.2 Å². The summed E-state index contributed by atoms with van der Waals surface area (Å²) >= 11 is 0. The summed E-state index contributed by atoms with van der Waals surface area (Å²) in [5.41, 5.74) is 8.01. The molecule has 0 bridgehead atoms. The van der Waals surface area contributed by atoms with E-state index < -0.39 is 5.97 Å². The van der Waals surface area contributed by atoms with E-state index in [2.05, 4.69) is 0 Å². The third kappa shape index (κ3) is 6.05. The van der Waals surface area contributed by atoms with Crippen LogP contribution in [-0.4, -0.2) is 43.0 Å². The van der Waals surface area contributed by atoms with E-state index >= 15 is 0 Å². The quantitative estimate of drug-likeness (QED) is 0.646. The molecule has 1 amide bonds. The van der Waals surface area contributed by atoms with Gasteiger partial charge in [0.25, 0.3) is 5.91 Å². The van der Waals surface area contributed by atoms with Crippen molar-refractivity contribution in [3.63, 3.8) is 0 Å². The molecule has 1 aliphatic rings. The molecule has 30 heavy (non-hydrogen) atoms. The van der Waals surface area contributed by atoms with Gasteiger partial charge in [-0.25, -0.2) is 4.39 Å². The Morgan fingerprint density at radius 1 is 1.20 bits per heavy atom. The fourth-order valence-electron chi connectivity index (χ4n) is 3.00. The highest BCUT2D eigenvalue weighted by Gasteiger charge is 2.26. The standard InChI is InChI=1S/C22H23FN2O4.ClH/c23-11-17(12-24)15-28-19-6-7-20-18(10-19)8-9-25(22(20)27)13-21(26)29-14-16-4-2-1-3-5-16;/h1-7,10-11H,8-9,12-15,24H2;1H/b17-11+;. The molecule has 2 N–H and O–H groups in total. The average molecular weight is 435 g/mol. The molecule has 0 spiro atoms. The number of esters is 1. The number of carbonyl (C=O) groups excluding carboxylic acids is 2. The number of amides is 1. The van der Waals surface area contributed by atoms with Crippen LogP contribution in [0.1, 0.15) is 21.5 Å². The van der Waals surface area contributed by atoms with Gasteiger partial charge in [0.15, 0.2) is 0 Å². The summed E-state index contributed by atoms with van der Waals surface area (Å²) in [5.74, 6) is -0.126. The van der Waals surface area contributed by atoms with Crippen LogP contribution in [0.4, 0.5) is 4.39 Å². The first kappa shape index (κ1) is 23.4. The maximum atomic E-state index is 12.7. The molecule has 2 aromatic rings. The monoisotopic (exact) mass is 434 g/mol. The molecular weight excluding hydrogens is 411 g/mol. The van der Waals surface area contributed by atoms with Crippen molar-refractivity contribution in [2.75, 3.05) is 26.2 Å². The molecule has 1 aliphatic heterocycles. The lowest BCUT2D eigenvalue weighted by Gasteiger charge is -2.28. The third-order valence-electron chi connectivity index (χ3n) is 4.65. The second kappa shape index (κ2) is 11.3.